The smallest absolute Gasteiger partial charge is 0.289 e. The van der Waals surface area contributed by atoms with Gasteiger partial charge in [-0.2, -0.15) is 13.2 Å². The molecule has 0 aliphatic heterocycles. The van der Waals surface area contributed by atoms with Gasteiger partial charge in [0.1, 0.15) is 0 Å². The molecular weight excluding hydrogens is 297 g/mol. The number of benzene rings is 1. The molecule has 92 valence electrons. The number of hydrogen-bond acceptors (Lipinski definition) is 1. The topological polar surface area (TPSA) is 17.1 Å². The fourth-order valence-electron chi connectivity index (χ4n) is 1.27. The molecule has 5 heteroatoms. The Hall–Kier alpha value is -1.10. The third-order valence-corrected chi connectivity index (χ3v) is 2.65. The van der Waals surface area contributed by atoms with Crippen LogP contribution in [0, 0.1) is 0 Å². The van der Waals surface area contributed by atoms with E-state index in [0.717, 1.165) is 0 Å². The minimum Gasteiger partial charge on any atom is -0.289 e. The summed E-state index contributed by atoms with van der Waals surface area (Å²) in [6, 6.07) is 6.27. The second kappa shape index (κ2) is 5.49. The number of allylic oxidation sites excluding steroid dienone is 2. The summed E-state index contributed by atoms with van der Waals surface area (Å²) in [6.45, 7) is 1.37. The average Bonchev–Trinajstić information content (AvgIpc) is 2.23. The minimum atomic E-state index is -4.45. The molecule has 0 heterocycles. The van der Waals surface area contributed by atoms with E-state index in [9.17, 15) is 18.0 Å². The third kappa shape index (κ3) is 4.00. The van der Waals surface area contributed by atoms with Crippen molar-refractivity contribution in [1.82, 2.24) is 0 Å². The van der Waals surface area contributed by atoms with Crippen LogP contribution in [-0.4, -0.2) is 12.0 Å². The Labute approximate surface area is 105 Å². The van der Waals surface area contributed by atoms with Crippen molar-refractivity contribution in [2.45, 2.75) is 19.5 Å². The van der Waals surface area contributed by atoms with Crippen LogP contribution in [0.3, 0.4) is 0 Å². The number of rotatable bonds is 3. The van der Waals surface area contributed by atoms with Crippen LogP contribution in [-0.2, 0) is 0 Å². The number of halogens is 4. The van der Waals surface area contributed by atoms with Crippen LogP contribution in [0.25, 0.3) is 0 Å². The van der Waals surface area contributed by atoms with E-state index in [1.54, 1.807) is 12.1 Å². The summed E-state index contributed by atoms with van der Waals surface area (Å²) in [6.07, 6.45) is -4.01. The van der Waals surface area contributed by atoms with E-state index in [-0.39, 0.29) is 12.0 Å². The Kier molecular flexibility index (Phi) is 4.51. The average molecular weight is 307 g/mol. The molecule has 0 spiro atoms. The van der Waals surface area contributed by atoms with Gasteiger partial charge >= 0.3 is 6.18 Å². The van der Waals surface area contributed by atoms with Gasteiger partial charge in [-0.15, -0.1) is 0 Å². The molecule has 0 unspecified atom stereocenters. The fraction of sp³-hybridized carbons (Fsp3) is 0.250. The first kappa shape index (κ1) is 14.0. The molecule has 1 aromatic rings. The standard InChI is InChI=1S/C12H10BrF3O/c1-2-9(12(14,15)16)7-11(17)8-4-3-5-10(13)6-8/h3-7H,2H2,1H3/b9-7+. The van der Waals surface area contributed by atoms with Crippen LogP contribution in [0.2, 0.25) is 0 Å². The van der Waals surface area contributed by atoms with Crippen molar-refractivity contribution in [2.75, 3.05) is 0 Å². The zero-order valence-electron chi connectivity index (χ0n) is 9.01. The molecule has 0 saturated heterocycles. The zero-order chi connectivity index (χ0) is 13.1. The number of carbonyl (C=O) groups excluding carboxylic acids is 1. The van der Waals surface area contributed by atoms with Gasteiger partial charge in [-0.25, -0.2) is 0 Å². The number of carbonyl (C=O) groups is 1. The molecule has 1 nitrogen and oxygen atoms in total. The van der Waals surface area contributed by atoms with Crippen LogP contribution in [0.5, 0.6) is 0 Å². The number of ketones is 1. The lowest BCUT2D eigenvalue weighted by molar-refractivity contribution is -0.0936. The van der Waals surface area contributed by atoms with Crippen molar-refractivity contribution in [1.29, 1.82) is 0 Å². The van der Waals surface area contributed by atoms with E-state index >= 15 is 0 Å². The summed E-state index contributed by atoms with van der Waals surface area (Å²) in [5, 5.41) is 0. The SMILES string of the molecule is CC/C(=C\C(=O)c1cccc(Br)c1)C(F)(F)F. The maximum atomic E-state index is 12.4. The highest BCUT2D eigenvalue weighted by Crippen LogP contribution is 2.28. The van der Waals surface area contributed by atoms with Gasteiger partial charge in [0.2, 0.25) is 0 Å². The minimum absolute atomic E-state index is 0.219. The molecule has 1 rings (SSSR count). The van der Waals surface area contributed by atoms with Crippen molar-refractivity contribution in [2.24, 2.45) is 0 Å². The van der Waals surface area contributed by atoms with Crippen molar-refractivity contribution in [3.05, 3.63) is 46.0 Å². The van der Waals surface area contributed by atoms with Crippen molar-refractivity contribution in [3.63, 3.8) is 0 Å². The van der Waals surface area contributed by atoms with Gasteiger partial charge in [0.15, 0.2) is 5.78 Å². The quantitative estimate of drug-likeness (QED) is 0.592. The Morgan fingerprint density at radius 2 is 2.06 bits per heavy atom. The van der Waals surface area contributed by atoms with Crippen molar-refractivity contribution in [3.8, 4) is 0 Å². The van der Waals surface area contributed by atoms with E-state index in [2.05, 4.69) is 15.9 Å². The molecule has 0 bridgehead atoms. The van der Waals surface area contributed by atoms with E-state index in [1.165, 1.54) is 19.1 Å². The number of hydrogen-bond donors (Lipinski definition) is 0. The molecule has 1 aromatic carbocycles. The summed E-state index contributed by atoms with van der Waals surface area (Å²) in [4.78, 5) is 11.6. The van der Waals surface area contributed by atoms with Gasteiger partial charge in [-0.1, -0.05) is 35.0 Å². The lowest BCUT2D eigenvalue weighted by Gasteiger charge is -2.08. The maximum absolute atomic E-state index is 12.4. The van der Waals surface area contributed by atoms with Gasteiger partial charge in [0.05, 0.1) is 0 Å². The summed E-state index contributed by atoms with van der Waals surface area (Å²) >= 11 is 3.16. The largest absolute Gasteiger partial charge is 0.412 e. The van der Waals surface area contributed by atoms with E-state index < -0.39 is 17.5 Å². The first-order valence-corrected chi connectivity index (χ1v) is 5.71. The molecule has 0 aromatic heterocycles. The van der Waals surface area contributed by atoms with E-state index in [0.29, 0.717) is 10.5 Å². The fourth-order valence-corrected chi connectivity index (χ4v) is 1.67. The molecule has 0 fully saturated rings. The lowest BCUT2D eigenvalue weighted by Crippen LogP contribution is -2.13. The Balaban J connectivity index is 3.02. The summed E-state index contributed by atoms with van der Waals surface area (Å²) in [5.41, 5.74) is -0.586. The summed E-state index contributed by atoms with van der Waals surface area (Å²) in [7, 11) is 0. The van der Waals surface area contributed by atoms with Crippen molar-refractivity contribution >= 4 is 21.7 Å². The van der Waals surface area contributed by atoms with Crippen LogP contribution < -0.4 is 0 Å². The van der Waals surface area contributed by atoms with Gasteiger partial charge in [0.25, 0.3) is 0 Å². The predicted octanol–water partition coefficient (Wildman–Crippen LogP) is 4.53. The molecule has 17 heavy (non-hydrogen) atoms. The van der Waals surface area contributed by atoms with E-state index in [4.69, 9.17) is 0 Å². The Morgan fingerprint density at radius 3 is 2.53 bits per heavy atom. The van der Waals surface area contributed by atoms with Crippen LogP contribution in [0.1, 0.15) is 23.7 Å². The maximum Gasteiger partial charge on any atom is 0.412 e. The zero-order valence-corrected chi connectivity index (χ0v) is 10.6. The van der Waals surface area contributed by atoms with Gasteiger partial charge in [-0.05, 0) is 24.6 Å². The van der Waals surface area contributed by atoms with Crippen LogP contribution in [0.4, 0.5) is 13.2 Å². The molecule has 0 amide bonds. The molecule has 0 aliphatic carbocycles. The Bertz CT molecular complexity index is 449. The van der Waals surface area contributed by atoms with Gasteiger partial charge < -0.3 is 0 Å². The molecule has 0 atom stereocenters. The molecule has 0 saturated carbocycles. The first-order valence-electron chi connectivity index (χ1n) is 4.92. The summed E-state index contributed by atoms with van der Waals surface area (Å²) in [5.74, 6) is -0.638. The van der Waals surface area contributed by atoms with Crippen molar-refractivity contribution < 1.29 is 18.0 Å². The Morgan fingerprint density at radius 1 is 1.41 bits per heavy atom. The predicted molar refractivity (Wildman–Crippen MR) is 62.9 cm³/mol. The van der Waals surface area contributed by atoms with Crippen LogP contribution in [0.15, 0.2) is 40.4 Å². The third-order valence-electron chi connectivity index (χ3n) is 2.16. The summed E-state index contributed by atoms with van der Waals surface area (Å²) < 4.78 is 38.0. The normalized spacial score (nSPS) is 12.6. The molecular formula is C12H10BrF3O. The first-order chi connectivity index (χ1) is 7.84. The lowest BCUT2D eigenvalue weighted by atomic mass is 10.1. The van der Waals surface area contributed by atoms with E-state index in [1.807, 2.05) is 0 Å². The molecule has 0 aliphatic rings. The van der Waals surface area contributed by atoms with Gasteiger partial charge in [0, 0.05) is 15.6 Å². The highest BCUT2D eigenvalue weighted by Gasteiger charge is 2.32. The second-order valence-corrected chi connectivity index (χ2v) is 4.31. The number of alkyl halides is 3. The highest BCUT2D eigenvalue weighted by molar-refractivity contribution is 9.10. The highest BCUT2D eigenvalue weighted by atomic mass is 79.9. The monoisotopic (exact) mass is 306 g/mol. The second-order valence-electron chi connectivity index (χ2n) is 3.40. The molecule has 0 radical (unpaired) electrons. The van der Waals surface area contributed by atoms with Crippen LogP contribution >= 0.6 is 15.9 Å². The van der Waals surface area contributed by atoms with Gasteiger partial charge in [-0.3, -0.25) is 4.79 Å². The molecule has 0 N–H and O–H groups in total.